The van der Waals surface area contributed by atoms with Gasteiger partial charge in [0.05, 0.1) is 10.6 Å². The third kappa shape index (κ3) is 4.57. The number of rotatable bonds is 7. The first-order valence-electron chi connectivity index (χ1n) is 9.89. The Kier molecular flexibility index (Phi) is 6.09. The summed E-state index contributed by atoms with van der Waals surface area (Å²) in [6, 6.07) is 12.1. The van der Waals surface area contributed by atoms with E-state index in [1.807, 2.05) is 17.5 Å². The van der Waals surface area contributed by atoms with Gasteiger partial charge in [-0.05, 0) is 55.5 Å². The van der Waals surface area contributed by atoms with E-state index in [1.165, 1.54) is 35.6 Å². The maximum atomic E-state index is 13.2. The van der Waals surface area contributed by atoms with Crippen molar-refractivity contribution in [3.05, 3.63) is 71.1 Å². The highest BCUT2D eigenvalue weighted by Crippen LogP contribution is 2.27. The quantitative estimate of drug-likeness (QED) is 0.419. The van der Waals surface area contributed by atoms with Crippen LogP contribution in [0.15, 0.2) is 59.6 Å². The van der Waals surface area contributed by atoms with Crippen LogP contribution in [0.2, 0.25) is 0 Å². The number of carbonyl (C=O) groups is 1. The van der Waals surface area contributed by atoms with Crippen LogP contribution in [0.1, 0.15) is 23.9 Å². The summed E-state index contributed by atoms with van der Waals surface area (Å²) in [6.45, 7) is 3.77. The summed E-state index contributed by atoms with van der Waals surface area (Å²) in [5.74, 6) is -0.444. The maximum absolute atomic E-state index is 13.2. The summed E-state index contributed by atoms with van der Waals surface area (Å²) in [5.41, 5.74) is 2.96. The van der Waals surface area contributed by atoms with Crippen molar-refractivity contribution in [3.8, 4) is 11.3 Å². The summed E-state index contributed by atoms with van der Waals surface area (Å²) < 4.78 is 43.0. The van der Waals surface area contributed by atoms with Crippen molar-refractivity contribution in [2.75, 3.05) is 5.32 Å². The average molecular weight is 473 g/mol. The van der Waals surface area contributed by atoms with Crippen LogP contribution in [0.5, 0.6) is 0 Å². The lowest BCUT2D eigenvalue weighted by molar-refractivity contribution is -0.115. The lowest BCUT2D eigenvalue weighted by Crippen LogP contribution is -2.23. The Balaban J connectivity index is 1.48. The summed E-state index contributed by atoms with van der Waals surface area (Å²) in [5, 5.41) is 2.69. The molecular weight excluding hydrogens is 451 g/mol. The van der Waals surface area contributed by atoms with Gasteiger partial charge in [0.1, 0.15) is 5.82 Å². The number of nitrogens with one attached hydrogen (secondary N) is 2. The van der Waals surface area contributed by atoms with Crippen molar-refractivity contribution < 1.29 is 17.6 Å². The number of halogens is 1. The van der Waals surface area contributed by atoms with Crippen LogP contribution < -0.4 is 10.0 Å². The largest absolute Gasteiger partial charge is 0.326 e. The number of sulfonamides is 1. The maximum Gasteiger partial charge on any atom is 0.240 e. The molecule has 0 unspecified atom stereocenters. The minimum absolute atomic E-state index is 0.115. The molecule has 2 aromatic carbocycles. The van der Waals surface area contributed by atoms with E-state index in [9.17, 15) is 17.6 Å². The zero-order valence-electron chi connectivity index (χ0n) is 17.4. The number of fused-ring (bicyclic) bond motifs is 1. The van der Waals surface area contributed by atoms with Crippen LogP contribution in [-0.2, 0) is 21.4 Å². The predicted molar refractivity (Wildman–Crippen MR) is 123 cm³/mol. The number of aryl methyl sites for hydroxylation is 1. The van der Waals surface area contributed by atoms with Gasteiger partial charge in [0.15, 0.2) is 4.96 Å². The second kappa shape index (κ2) is 8.81. The number of anilines is 1. The first-order valence-corrected chi connectivity index (χ1v) is 12.2. The van der Waals surface area contributed by atoms with E-state index in [4.69, 9.17) is 0 Å². The summed E-state index contributed by atoms with van der Waals surface area (Å²) in [4.78, 5) is 17.7. The van der Waals surface area contributed by atoms with Crippen LogP contribution in [0, 0.1) is 12.7 Å². The summed E-state index contributed by atoms with van der Waals surface area (Å²) in [6.07, 6.45) is 2.20. The van der Waals surface area contributed by atoms with Gasteiger partial charge in [-0.1, -0.05) is 18.3 Å². The van der Waals surface area contributed by atoms with E-state index in [0.29, 0.717) is 12.1 Å². The Hall–Kier alpha value is -3.08. The molecule has 1 amide bonds. The number of aromatic nitrogens is 2. The number of benzene rings is 2. The van der Waals surface area contributed by atoms with Gasteiger partial charge in [0.2, 0.25) is 15.9 Å². The van der Waals surface area contributed by atoms with Crippen LogP contribution in [-0.4, -0.2) is 23.7 Å². The predicted octanol–water partition coefficient (Wildman–Crippen LogP) is 4.34. The molecule has 0 saturated heterocycles. The Morgan fingerprint density at radius 3 is 2.44 bits per heavy atom. The Morgan fingerprint density at radius 2 is 1.81 bits per heavy atom. The van der Waals surface area contributed by atoms with E-state index in [1.54, 1.807) is 31.2 Å². The normalized spacial score (nSPS) is 11.7. The highest BCUT2D eigenvalue weighted by molar-refractivity contribution is 7.89. The molecule has 0 fully saturated rings. The summed E-state index contributed by atoms with van der Waals surface area (Å²) in [7, 11) is -3.72. The SMILES string of the molecule is CCC(=O)Nc1ccc(S(=O)(=O)NCc2sc3nc(-c4ccc(F)cc4)cn3c2C)cc1. The fourth-order valence-corrected chi connectivity index (χ4v) is 5.26. The topological polar surface area (TPSA) is 92.6 Å². The third-order valence-corrected chi connectivity index (χ3v) is 7.56. The Morgan fingerprint density at radius 1 is 1.12 bits per heavy atom. The van der Waals surface area contributed by atoms with Gasteiger partial charge >= 0.3 is 0 Å². The van der Waals surface area contributed by atoms with Crippen molar-refractivity contribution in [2.45, 2.75) is 31.7 Å². The van der Waals surface area contributed by atoms with Crippen molar-refractivity contribution in [1.82, 2.24) is 14.1 Å². The number of nitrogens with zero attached hydrogens (tertiary/aromatic N) is 2. The molecule has 0 spiro atoms. The number of hydrogen-bond donors (Lipinski definition) is 2. The van der Waals surface area contributed by atoms with Gasteiger partial charge in [-0.15, -0.1) is 0 Å². The third-order valence-electron chi connectivity index (χ3n) is 4.99. The highest BCUT2D eigenvalue weighted by atomic mass is 32.2. The van der Waals surface area contributed by atoms with Gasteiger partial charge in [-0.3, -0.25) is 9.20 Å². The molecule has 2 heterocycles. The van der Waals surface area contributed by atoms with Gasteiger partial charge in [0, 0.05) is 41.0 Å². The molecule has 2 N–H and O–H groups in total. The Bertz CT molecular complexity index is 1380. The van der Waals surface area contributed by atoms with Crippen LogP contribution >= 0.6 is 11.3 Å². The molecule has 2 aromatic heterocycles. The van der Waals surface area contributed by atoms with Gasteiger partial charge in [-0.2, -0.15) is 0 Å². The Labute approximate surface area is 189 Å². The van der Waals surface area contributed by atoms with E-state index in [2.05, 4.69) is 15.0 Å². The van der Waals surface area contributed by atoms with Crippen LogP contribution in [0.3, 0.4) is 0 Å². The van der Waals surface area contributed by atoms with Crippen molar-refractivity contribution >= 4 is 37.9 Å². The molecule has 4 rings (SSSR count). The molecule has 0 aliphatic carbocycles. The van der Waals surface area contributed by atoms with Gasteiger partial charge in [-0.25, -0.2) is 22.5 Å². The van der Waals surface area contributed by atoms with Crippen molar-refractivity contribution in [2.24, 2.45) is 0 Å². The van der Waals surface area contributed by atoms with Crippen molar-refractivity contribution in [1.29, 1.82) is 0 Å². The lowest BCUT2D eigenvalue weighted by Gasteiger charge is -2.08. The molecule has 0 atom stereocenters. The number of amides is 1. The van der Waals surface area contributed by atoms with E-state index in [-0.39, 0.29) is 23.2 Å². The van der Waals surface area contributed by atoms with E-state index < -0.39 is 10.0 Å². The number of hydrogen-bond acceptors (Lipinski definition) is 5. The average Bonchev–Trinajstić information content (AvgIpc) is 3.32. The molecule has 0 aliphatic heterocycles. The molecule has 10 heteroatoms. The molecule has 166 valence electrons. The number of thiazole rings is 1. The minimum atomic E-state index is -3.72. The molecule has 0 radical (unpaired) electrons. The molecule has 7 nitrogen and oxygen atoms in total. The number of carbonyl (C=O) groups excluding carboxylic acids is 1. The molecule has 0 bridgehead atoms. The standard InChI is InChI=1S/C22H21FN4O3S2/c1-3-21(28)25-17-8-10-18(11-9-17)32(29,30)24-12-20-14(2)27-13-19(26-22(27)31-20)15-4-6-16(23)7-5-15/h4-11,13,24H,3,12H2,1-2H3,(H,25,28). The monoisotopic (exact) mass is 472 g/mol. The molecule has 0 aliphatic rings. The first-order chi connectivity index (χ1) is 15.3. The summed E-state index contributed by atoms with van der Waals surface area (Å²) >= 11 is 1.39. The lowest BCUT2D eigenvalue weighted by atomic mass is 10.2. The molecule has 0 saturated carbocycles. The van der Waals surface area contributed by atoms with Crippen LogP contribution in [0.25, 0.3) is 16.2 Å². The molecular formula is C22H21FN4O3S2. The molecule has 32 heavy (non-hydrogen) atoms. The molecule has 4 aromatic rings. The minimum Gasteiger partial charge on any atom is -0.326 e. The van der Waals surface area contributed by atoms with Gasteiger partial charge < -0.3 is 5.32 Å². The number of imidazole rings is 1. The fraction of sp³-hybridized carbons (Fsp3) is 0.182. The zero-order valence-corrected chi connectivity index (χ0v) is 19.1. The second-order valence-electron chi connectivity index (χ2n) is 7.15. The zero-order chi connectivity index (χ0) is 22.9. The van der Waals surface area contributed by atoms with E-state index in [0.717, 1.165) is 26.8 Å². The van der Waals surface area contributed by atoms with Gasteiger partial charge in [0.25, 0.3) is 0 Å². The fourth-order valence-electron chi connectivity index (χ4n) is 3.13. The van der Waals surface area contributed by atoms with Crippen LogP contribution in [0.4, 0.5) is 10.1 Å². The van der Waals surface area contributed by atoms with Crippen molar-refractivity contribution in [3.63, 3.8) is 0 Å². The highest BCUT2D eigenvalue weighted by Gasteiger charge is 2.17. The van der Waals surface area contributed by atoms with E-state index >= 15 is 0 Å². The smallest absolute Gasteiger partial charge is 0.240 e. The second-order valence-corrected chi connectivity index (χ2v) is 9.98. The first kappa shape index (κ1) is 22.1.